The number of benzene rings is 2. The van der Waals surface area contributed by atoms with Gasteiger partial charge in [0.25, 0.3) is 6.47 Å². The summed E-state index contributed by atoms with van der Waals surface area (Å²) >= 11 is 0. The minimum Gasteiger partial charge on any atom is -0.483 e. The molecule has 252 valence electrons. The van der Waals surface area contributed by atoms with Crippen molar-refractivity contribution in [3.63, 3.8) is 0 Å². The zero-order valence-electron chi connectivity index (χ0n) is 27.7. The van der Waals surface area contributed by atoms with Gasteiger partial charge < -0.3 is 30.0 Å². The topological polar surface area (TPSA) is 153 Å². The number of hydrogen-bond donors (Lipinski definition) is 4. The molecule has 3 heterocycles. The van der Waals surface area contributed by atoms with Gasteiger partial charge in [0, 0.05) is 12.5 Å². The van der Waals surface area contributed by atoms with Crippen LogP contribution in [-0.4, -0.2) is 68.1 Å². The van der Waals surface area contributed by atoms with Crippen LogP contribution >= 0.6 is 0 Å². The lowest BCUT2D eigenvalue weighted by Crippen LogP contribution is -2.51. The number of amides is 2. The first-order valence-corrected chi connectivity index (χ1v) is 16.8. The Balaban J connectivity index is 0.00000129. The van der Waals surface area contributed by atoms with E-state index in [2.05, 4.69) is 68.8 Å². The Labute approximate surface area is 280 Å². The van der Waals surface area contributed by atoms with Crippen molar-refractivity contribution >= 4 is 18.5 Å². The van der Waals surface area contributed by atoms with Crippen LogP contribution < -0.4 is 5.32 Å². The SMILES string of the molecule is COC(=O)NC(C(=O)N1CCCC1c1ncc(-c2ccc(-c3ccc(-c4cnc([C@@H]5CC6CCC5C6)[nH]4)cc3)cc2)[nH]1)C(C)C.O=CO. The quantitative estimate of drug-likeness (QED) is 0.153. The summed E-state index contributed by atoms with van der Waals surface area (Å²) in [5.74, 6) is 4.07. The maximum absolute atomic E-state index is 13.5. The summed E-state index contributed by atoms with van der Waals surface area (Å²) < 4.78 is 4.75. The molecular formula is C37H44N6O5. The number of likely N-dealkylation sites (tertiary alicyclic amines) is 1. The summed E-state index contributed by atoms with van der Waals surface area (Å²) in [7, 11) is 1.30. The summed E-state index contributed by atoms with van der Waals surface area (Å²) in [6.45, 7) is 4.21. The Kier molecular flexibility index (Phi) is 9.93. The second-order valence-corrected chi connectivity index (χ2v) is 13.5. The number of alkyl carbamates (subject to hydrolysis) is 1. The number of nitrogens with one attached hydrogen (secondary N) is 3. The summed E-state index contributed by atoms with van der Waals surface area (Å²) in [6.07, 6.45) is 10.4. The van der Waals surface area contributed by atoms with Gasteiger partial charge in [0.15, 0.2) is 0 Å². The van der Waals surface area contributed by atoms with Crippen molar-refractivity contribution < 1.29 is 24.2 Å². The fourth-order valence-electron chi connectivity index (χ4n) is 7.78. The van der Waals surface area contributed by atoms with Crippen LogP contribution in [0.25, 0.3) is 33.6 Å². The van der Waals surface area contributed by atoms with Gasteiger partial charge in [-0.25, -0.2) is 14.8 Å². The van der Waals surface area contributed by atoms with Crippen LogP contribution in [0.15, 0.2) is 60.9 Å². The Bertz CT molecular complexity index is 1710. The standard InChI is InChI=1S/C36H42N6O3.CH2O2/c1-21(2)32(41-36(44)45-3)35(43)42-16-4-5-31(42)34-38-20-30(40-34)26-14-10-24(11-15-26)23-8-12-25(13-9-23)29-19-37-33(39-29)28-18-22-6-7-27(28)17-22;2-1-3/h8-15,19-22,27-28,31-32H,4-7,16-18H2,1-3H3,(H,37,39)(H,38,40)(H,41,44);1H,(H,2,3)/t22?,27?,28-,31?,32?;/m1./s1. The number of imidazole rings is 2. The molecule has 2 saturated carbocycles. The number of carbonyl (C=O) groups is 3. The number of carboxylic acid groups (broad SMARTS) is 1. The molecule has 2 aromatic carbocycles. The molecule has 48 heavy (non-hydrogen) atoms. The van der Waals surface area contributed by atoms with Crippen LogP contribution in [0.3, 0.4) is 0 Å². The number of fused-ring (bicyclic) bond motifs is 2. The highest BCUT2D eigenvalue weighted by Gasteiger charge is 2.41. The van der Waals surface area contributed by atoms with Crippen molar-refractivity contribution in [1.82, 2.24) is 30.2 Å². The first-order valence-electron chi connectivity index (χ1n) is 16.8. The van der Waals surface area contributed by atoms with E-state index in [0.717, 1.165) is 64.1 Å². The van der Waals surface area contributed by atoms with Crippen molar-refractivity contribution in [3.05, 3.63) is 72.6 Å². The van der Waals surface area contributed by atoms with Gasteiger partial charge in [0.1, 0.15) is 17.7 Å². The Morgan fingerprint density at radius 3 is 1.98 bits per heavy atom. The van der Waals surface area contributed by atoms with E-state index in [0.29, 0.717) is 12.5 Å². The van der Waals surface area contributed by atoms with Gasteiger partial charge in [0.05, 0.1) is 36.9 Å². The average molecular weight is 653 g/mol. The van der Waals surface area contributed by atoms with E-state index in [9.17, 15) is 9.59 Å². The molecule has 3 fully saturated rings. The van der Waals surface area contributed by atoms with E-state index in [-0.39, 0.29) is 24.3 Å². The molecule has 0 spiro atoms. The predicted molar refractivity (Wildman–Crippen MR) is 182 cm³/mol. The molecule has 1 saturated heterocycles. The molecule has 2 aromatic heterocycles. The maximum atomic E-state index is 13.5. The summed E-state index contributed by atoms with van der Waals surface area (Å²) in [5.41, 5.74) is 6.48. The molecule has 2 bridgehead atoms. The molecule has 4 N–H and O–H groups in total. The lowest BCUT2D eigenvalue weighted by Gasteiger charge is -2.30. The van der Waals surface area contributed by atoms with E-state index in [4.69, 9.17) is 19.6 Å². The summed E-state index contributed by atoms with van der Waals surface area (Å²) in [6, 6.07) is 16.3. The van der Waals surface area contributed by atoms with Gasteiger partial charge in [-0.1, -0.05) is 68.8 Å². The number of carbonyl (C=O) groups excluding carboxylic acids is 2. The largest absolute Gasteiger partial charge is 0.483 e. The van der Waals surface area contributed by atoms with E-state index in [1.807, 2.05) is 31.1 Å². The van der Waals surface area contributed by atoms with Gasteiger partial charge in [-0.3, -0.25) is 9.59 Å². The van der Waals surface area contributed by atoms with Crippen molar-refractivity contribution in [1.29, 1.82) is 0 Å². The number of ether oxygens (including phenoxy) is 1. The third-order valence-corrected chi connectivity index (χ3v) is 10.2. The van der Waals surface area contributed by atoms with Crippen molar-refractivity contribution in [2.45, 2.75) is 70.4 Å². The normalized spacial score (nSPS) is 21.9. The number of nitrogens with zero attached hydrogens (tertiary/aromatic N) is 3. The van der Waals surface area contributed by atoms with Crippen LogP contribution in [0.1, 0.15) is 76.0 Å². The van der Waals surface area contributed by atoms with E-state index in [1.54, 1.807) is 0 Å². The van der Waals surface area contributed by atoms with Crippen LogP contribution in [0.2, 0.25) is 0 Å². The number of methoxy groups -OCH3 is 1. The molecule has 0 radical (unpaired) electrons. The van der Waals surface area contributed by atoms with Crippen LogP contribution in [0.4, 0.5) is 4.79 Å². The highest BCUT2D eigenvalue weighted by molar-refractivity contribution is 5.86. The average Bonchev–Trinajstić information content (AvgIpc) is 3.95. The zero-order chi connectivity index (χ0) is 33.8. The maximum Gasteiger partial charge on any atom is 0.407 e. The molecule has 4 unspecified atom stereocenters. The van der Waals surface area contributed by atoms with Crippen molar-refractivity contribution in [3.8, 4) is 33.6 Å². The molecule has 7 rings (SSSR count). The Morgan fingerprint density at radius 2 is 1.46 bits per heavy atom. The van der Waals surface area contributed by atoms with Crippen molar-refractivity contribution in [2.75, 3.05) is 13.7 Å². The summed E-state index contributed by atoms with van der Waals surface area (Å²) in [4.78, 5) is 52.1. The Morgan fingerprint density at radius 1 is 0.896 bits per heavy atom. The molecule has 5 atom stereocenters. The molecule has 1 aliphatic heterocycles. The first-order chi connectivity index (χ1) is 23.3. The molecular weight excluding hydrogens is 608 g/mol. The van der Waals surface area contributed by atoms with Crippen LogP contribution in [0, 0.1) is 17.8 Å². The molecule has 4 aromatic rings. The van der Waals surface area contributed by atoms with Gasteiger partial charge in [-0.2, -0.15) is 0 Å². The van der Waals surface area contributed by atoms with Crippen LogP contribution in [0.5, 0.6) is 0 Å². The lowest BCUT2D eigenvalue weighted by molar-refractivity contribution is -0.135. The molecule has 11 heteroatoms. The summed E-state index contributed by atoms with van der Waals surface area (Å²) in [5, 5.41) is 9.59. The van der Waals surface area contributed by atoms with Crippen LogP contribution in [-0.2, 0) is 14.3 Å². The Hall–Kier alpha value is -4.93. The molecule has 2 amide bonds. The molecule has 3 aliphatic rings. The minimum atomic E-state index is -0.655. The van der Waals surface area contributed by atoms with Crippen molar-refractivity contribution in [2.24, 2.45) is 17.8 Å². The zero-order valence-corrected chi connectivity index (χ0v) is 27.7. The van der Waals surface area contributed by atoms with E-state index >= 15 is 0 Å². The minimum absolute atomic E-state index is 0.0743. The number of aromatic nitrogens is 4. The lowest BCUT2D eigenvalue weighted by atomic mass is 9.88. The fraction of sp³-hybridized carbons (Fsp3) is 0.432. The fourth-order valence-corrected chi connectivity index (χ4v) is 7.78. The van der Waals surface area contributed by atoms with Gasteiger partial charge in [-0.15, -0.1) is 0 Å². The number of rotatable bonds is 8. The smallest absolute Gasteiger partial charge is 0.407 e. The number of hydrogen-bond acceptors (Lipinski definition) is 6. The number of aromatic amines is 2. The highest BCUT2D eigenvalue weighted by Crippen LogP contribution is 2.52. The third-order valence-electron chi connectivity index (χ3n) is 10.2. The second-order valence-electron chi connectivity index (χ2n) is 13.5. The van der Waals surface area contributed by atoms with E-state index in [1.165, 1.54) is 38.6 Å². The van der Waals surface area contributed by atoms with E-state index < -0.39 is 12.1 Å². The first kappa shape index (κ1) is 33.0. The van der Waals surface area contributed by atoms with Gasteiger partial charge in [-0.05, 0) is 72.1 Å². The highest BCUT2D eigenvalue weighted by atomic mass is 16.5. The predicted octanol–water partition coefficient (Wildman–Crippen LogP) is 6.78. The van der Waals surface area contributed by atoms with Gasteiger partial charge >= 0.3 is 6.09 Å². The number of H-pyrrole nitrogens is 2. The molecule has 2 aliphatic carbocycles. The van der Waals surface area contributed by atoms with Gasteiger partial charge in [0.2, 0.25) is 5.91 Å². The second kappa shape index (κ2) is 14.5. The molecule has 11 nitrogen and oxygen atoms in total. The third kappa shape index (κ3) is 6.86. The monoisotopic (exact) mass is 652 g/mol.